The van der Waals surface area contributed by atoms with Crippen LogP contribution in [0.3, 0.4) is 0 Å². The average molecular weight is 367 g/mol. The van der Waals surface area contributed by atoms with Gasteiger partial charge in [0.15, 0.2) is 0 Å². The van der Waals surface area contributed by atoms with E-state index < -0.39 is 0 Å². The van der Waals surface area contributed by atoms with E-state index in [0.29, 0.717) is 12.6 Å². The number of hydrogen-bond donors (Lipinski definition) is 0. The SMILES string of the molecule is Cc1cccc(C)c1OCCN(C)C1CCN(C(=O)c2ccccc2)CC1. The Bertz CT molecular complexity index is 732. The molecule has 1 heterocycles. The quantitative estimate of drug-likeness (QED) is 0.777. The molecule has 0 unspecified atom stereocenters. The smallest absolute Gasteiger partial charge is 0.253 e. The highest BCUT2D eigenvalue weighted by atomic mass is 16.5. The van der Waals surface area contributed by atoms with Crippen molar-refractivity contribution < 1.29 is 9.53 Å². The molecule has 0 spiro atoms. The molecule has 2 aromatic carbocycles. The van der Waals surface area contributed by atoms with Crippen molar-refractivity contribution >= 4 is 5.91 Å². The number of carbonyl (C=O) groups excluding carboxylic acids is 1. The third-order valence-corrected chi connectivity index (χ3v) is 5.49. The normalized spacial score (nSPS) is 15.2. The van der Waals surface area contributed by atoms with Crippen LogP contribution >= 0.6 is 0 Å². The van der Waals surface area contributed by atoms with Crippen molar-refractivity contribution in [1.82, 2.24) is 9.80 Å². The van der Waals surface area contributed by atoms with E-state index in [0.717, 1.165) is 43.8 Å². The van der Waals surface area contributed by atoms with Crippen molar-refractivity contribution in [2.75, 3.05) is 33.3 Å². The van der Waals surface area contributed by atoms with Crippen LogP contribution in [0.2, 0.25) is 0 Å². The number of benzene rings is 2. The van der Waals surface area contributed by atoms with Gasteiger partial charge in [-0.3, -0.25) is 9.69 Å². The first-order valence-corrected chi connectivity index (χ1v) is 9.80. The van der Waals surface area contributed by atoms with Gasteiger partial charge < -0.3 is 9.64 Å². The predicted octanol–water partition coefficient (Wildman–Crippen LogP) is 3.92. The van der Waals surface area contributed by atoms with E-state index in [1.54, 1.807) is 0 Å². The molecule has 3 rings (SSSR count). The average Bonchev–Trinajstić information content (AvgIpc) is 2.70. The zero-order valence-corrected chi connectivity index (χ0v) is 16.6. The van der Waals surface area contributed by atoms with E-state index in [1.165, 1.54) is 11.1 Å². The molecule has 144 valence electrons. The fourth-order valence-electron chi connectivity index (χ4n) is 3.77. The van der Waals surface area contributed by atoms with Gasteiger partial charge in [-0.25, -0.2) is 0 Å². The van der Waals surface area contributed by atoms with Gasteiger partial charge in [-0.05, 0) is 57.0 Å². The van der Waals surface area contributed by atoms with Crippen LogP contribution < -0.4 is 4.74 Å². The molecule has 0 atom stereocenters. The second kappa shape index (κ2) is 9.05. The third kappa shape index (κ3) is 4.89. The zero-order chi connectivity index (χ0) is 19.2. The van der Waals surface area contributed by atoms with Gasteiger partial charge in [-0.15, -0.1) is 0 Å². The van der Waals surface area contributed by atoms with Crippen molar-refractivity contribution in [2.45, 2.75) is 32.7 Å². The number of carbonyl (C=O) groups is 1. The zero-order valence-electron chi connectivity index (χ0n) is 16.6. The number of nitrogens with zero attached hydrogens (tertiary/aromatic N) is 2. The molecule has 0 radical (unpaired) electrons. The molecule has 2 aromatic rings. The van der Waals surface area contributed by atoms with E-state index in [2.05, 4.69) is 44.0 Å². The Morgan fingerprint density at radius 3 is 2.30 bits per heavy atom. The molecule has 1 aliphatic heterocycles. The lowest BCUT2D eigenvalue weighted by molar-refractivity contribution is 0.0633. The maximum absolute atomic E-state index is 12.6. The second-order valence-corrected chi connectivity index (χ2v) is 7.44. The van der Waals surface area contributed by atoms with Crippen LogP contribution in [0.25, 0.3) is 0 Å². The van der Waals surface area contributed by atoms with E-state index in [9.17, 15) is 4.79 Å². The van der Waals surface area contributed by atoms with Crippen LogP contribution in [0.1, 0.15) is 34.3 Å². The van der Waals surface area contributed by atoms with Gasteiger partial charge in [0.25, 0.3) is 5.91 Å². The molecule has 1 fully saturated rings. The number of ether oxygens (including phenoxy) is 1. The first-order chi connectivity index (χ1) is 13.1. The minimum atomic E-state index is 0.148. The van der Waals surface area contributed by atoms with E-state index >= 15 is 0 Å². The fourth-order valence-corrected chi connectivity index (χ4v) is 3.77. The molecule has 0 bridgehead atoms. The maximum Gasteiger partial charge on any atom is 0.253 e. The Labute approximate surface area is 162 Å². The minimum absolute atomic E-state index is 0.148. The number of hydrogen-bond acceptors (Lipinski definition) is 3. The lowest BCUT2D eigenvalue weighted by Gasteiger charge is -2.36. The Hall–Kier alpha value is -2.33. The van der Waals surface area contributed by atoms with Gasteiger partial charge >= 0.3 is 0 Å². The number of rotatable bonds is 6. The summed E-state index contributed by atoms with van der Waals surface area (Å²) < 4.78 is 6.04. The van der Waals surface area contributed by atoms with E-state index in [-0.39, 0.29) is 5.91 Å². The summed E-state index contributed by atoms with van der Waals surface area (Å²) in [6.45, 7) is 7.40. The minimum Gasteiger partial charge on any atom is -0.492 e. The molecule has 0 N–H and O–H groups in total. The molecule has 1 amide bonds. The van der Waals surface area contributed by atoms with Gasteiger partial charge in [0.05, 0.1) is 0 Å². The lowest BCUT2D eigenvalue weighted by atomic mass is 10.0. The molecule has 1 saturated heterocycles. The summed E-state index contributed by atoms with van der Waals surface area (Å²) in [5, 5.41) is 0. The fraction of sp³-hybridized carbons (Fsp3) is 0.435. The second-order valence-electron chi connectivity index (χ2n) is 7.44. The maximum atomic E-state index is 12.6. The summed E-state index contributed by atoms with van der Waals surface area (Å²) in [5.41, 5.74) is 3.15. The highest BCUT2D eigenvalue weighted by Gasteiger charge is 2.25. The van der Waals surface area contributed by atoms with Crippen LogP contribution in [-0.4, -0.2) is 55.0 Å². The van der Waals surface area contributed by atoms with Crippen LogP contribution in [0.15, 0.2) is 48.5 Å². The predicted molar refractivity (Wildman–Crippen MR) is 109 cm³/mol. The van der Waals surface area contributed by atoms with Crippen LogP contribution in [0.4, 0.5) is 0 Å². The van der Waals surface area contributed by atoms with Gasteiger partial charge in [0, 0.05) is 31.2 Å². The van der Waals surface area contributed by atoms with E-state index in [1.807, 2.05) is 35.2 Å². The Balaban J connectivity index is 1.45. The number of amides is 1. The molecule has 0 saturated carbocycles. The molecule has 4 nitrogen and oxygen atoms in total. The summed E-state index contributed by atoms with van der Waals surface area (Å²) in [6.07, 6.45) is 2.02. The number of likely N-dealkylation sites (N-methyl/N-ethyl adjacent to an activating group) is 1. The van der Waals surface area contributed by atoms with Crippen molar-refractivity contribution in [3.05, 3.63) is 65.2 Å². The van der Waals surface area contributed by atoms with Gasteiger partial charge in [0.1, 0.15) is 12.4 Å². The van der Waals surface area contributed by atoms with Crippen LogP contribution in [0, 0.1) is 13.8 Å². The summed E-state index contributed by atoms with van der Waals surface area (Å²) in [5.74, 6) is 1.16. The molecule has 0 aliphatic carbocycles. The number of para-hydroxylation sites is 1. The van der Waals surface area contributed by atoms with E-state index in [4.69, 9.17) is 4.74 Å². The van der Waals surface area contributed by atoms with Crippen LogP contribution in [-0.2, 0) is 0 Å². The molecule has 4 heteroatoms. The van der Waals surface area contributed by atoms with Gasteiger partial charge in [0.2, 0.25) is 0 Å². The van der Waals surface area contributed by atoms with Crippen molar-refractivity contribution in [1.29, 1.82) is 0 Å². The molecule has 0 aromatic heterocycles. The lowest BCUT2D eigenvalue weighted by Crippen LogP contribution is -2.46. The molecular formula is C23H30N2O2. The van der Waals surface area contributed by atoms with Gasteiger partial charge in [-0.2, -0.15) is 0 Å². The highest BCUT2D eigenvalue weighted by molar-refractivity contribution is 5.94. The Kier molecular flexibility index (Phi) is 6.51. The first kappa shape index (κ1) is 19.4. The van der Waals surface area contributed by atoms with Crippen molar-refractivity contribution in [3.63, 3.8) is 0 Å². The van der Waals surface area contributed by atoms with Crippen LogP contribution in [0.5, 0.6) is 5.75 Å². The highest BCUT2D eigenvalue weighted by Crippen LogP contribution is 2.22. The Morgan fingerprint density at radius 1 is 1.04 bits per heavy atom. The Morgan fingerprint density at radius 2 is 1.67 bits per heavy atom. The van der Waals surface area contributed by atoms with Crippen molar-refractivity contribution in [2.24, 2.45) is 0 Å². The molecule has 1 aliphatic rings. The largest absolute Gasteiger partial charge is 0.492 e. The topological polar surface area (TPSA) is 32.8 Å². The third-order valence-electron chi connectivity index (χ3n) is 5.49. The summed E-state index contributed by atoms with van der Waals surface area (Å²) in [7, 11) is 2.16. The molecule has 27 heavy (non-hydrogen) atoms. The van der Waals surface area contributed by atoms with Crippen molar-refractivity contribution in [3.8, 4) is 5.75 Å². The first-order valence-electron chi connectivity index (χ1n) is 9.80. The number of aryl methyl sites for hydroxylation is 2. The summed E-state index contributed by atoms with van der Waals surface area (Å²) in [6, 6.07) is 16.3. The standard InChI is InChI=1S/C23H30N2O2/c1-18-8-7-9-19(2)22(18)27-17-16-24(3)21-12-14-25(15-13-21)23(26)20-10-5-4-6-11-20/h4-11,21H,12-17H2,1-3H3. The summed E-state index contributed by atoms with van der Waals surface area (Å²) in [4.78, 5) is 16.9. The number of likely N-dealkylation sites (tertiary alicyclic amines) is 1. The van der Waals surface area contributed by atoms with Gasteiger partial charge in [-0.1, -0.05) is 36.4 Å². The number of piperidine rings is 1. The molecular weight excluding hydrogens is 336 g/mol. The summed E-state index contributed by atoms with van der Waals surface area (Å²) >= 11 is 0. The monoisotopic (exact) mass is 366 g/mol.